The Kier molecular flexibility index (Phi) is 3.32. The predicted molar refractivity (Wildman–Crippen MR) is 85.4 cm³/mol. The number of fused-ring (bicyclic) bond motifs is 1. The summed E-state index contributed by atoms with van der Waals surface area (Å²) in [5, 5.41) is 1.08. The van der Waals surface area contributed by atoms with Gasteiger partial charge >= 0.3 is 0 Å². The normalized spacial score (nSPS) is 25.4. The number of carbonyl (C=O) groups excluding carboxylic acids is 1. The van der Waals surface area contributed by atoms with E-state index in [0.29, 0.717) is 23.7 Å². The van der Waals surface area contributed by atoms with E-state index in [1.807, 2.05) is 24.5 Å². The second kappa shape index (κ2) is 5.34. The molecular formula is C18H21N3O. The van der Waals surface area contributed by atoms with E-state index in [-0.39, 0.29) is 0 Å². The minimum absolute atomic E-state index is 0.305. The zero-order chi connectivity index (χ0) is 15.1. The summed E-state index contributed by atoms with van der Waals surface area (Å²) in [5.74, 6) is 1.73. The number of likely N-dealkylation sites (tertiary alicyclic amines) is 1. The highest BCUT2D eigenvalue weighted by molar-refractivity contribution is 5.81. The molecule has 4 heteroatoms. The van der Waals surface area contributed by atoms with Crippen molar-refractivity contribution in [2.45, 2.75) is 32.1 Å². The van der Waals surface area contributed by atoms with Crippen molar-refractivity contribution in [3.05, 3.63) is 36.3 Å². The van der Waals surface area contributed by atoms with Crippen molar-refractivity contribution < 1.29 is 4.79 Å². The van der Waals surface area contributed by atoms with Gasteiger partial charge in [0.15, 0.2) is 0 Å². The van der Waals surface area contributed by atoms with Crippen LogP contribution in [0.2, 0.25) is 0 Å². The fraction of sp³-hybridized carbons (Fsp3) is 0.500. The molecule has 3 heterocycles. The lowest BCUT2D eigenvalue weighted by molar-refractivity contribution is -0.133. The van der Waals surface area contributed by atoms with Crippen LogP contribution >= 0.6 is 0 Å². The molecule has 114 valence electrons. The molecule has 2 aliphatic rings. The molecular weight excluding hydrogens is 274 g/mol. The highest BCUT2D eigenvalue weighted by Gasteiger charge is 2.42. The first-order valence-corrected chi connectivity index (χ1v) is 8.22. The highest BCUT2D eigenvalue weighted by atomic mass is 16.2. The van der Waals surface area contributed by atoms with Gasteiger partial charge in [0, 0.05) is 48.4 Å². The maximum atomic E-state index is 12.3. The number of hydrogen-bond acceptors (Lipinski definition) is 3. The molecule has 1 amide bonds. The Balaban J connectivity index is 1.45. The van der Waals surface area contributed by atoms with Crippen LogP contribution in [0.1, 0.15) is 37.8 Å². The number of aromatic nitrogens is 2. The van der Waals surface area contributed by atoms with Gasteiger partial charge < -0.3 is 4.90 Å². The summed E-state index contributed by atoms with van der Waals surface area (Å²) < 4.78 is 0. The van der Waals surface area contributed by atoms with Crippen LogP contribution in [0.3, 0.4) is 0 Å². The first-order chi connectivity index (χ1) is 10.7. The largest absolute Gasteiger partial charge is 0.342 e. The summed E-state index contributed by atoms with van der Waals surface area (Å²) in [6.07, 6.45) is 6.85. The number of piperidine rings is 1. The van der Waals surface area contributed by atoms with Gasteiger partial charge in [-0.25, -0.2) is 0 Å². The van der Waals surface area contributed by atoms with Gasteiger partial charge in [-0.1, -0.05) is 6.92 Å². The molecule has 0 bridgehead atoms. The minimum atomic E-state index is 0.305. The van der Waals surface area contributed by atoms with E-state index in [1.54, 1.807) is 0 Å². The van der Waals surface area contributed by atoms with Crippen molar-refractivity contribution in [1.29, 1.82) is 0 Å². The Morgan fingerprint density at radius 1 is 1.27 bits per heavy atom. The zero-order valence-electron chi connectivity index (χ0n) is 12.9. The molecule has 2 atom stereocenters. The molecule has 0 N–H and O–H groups in total. The van der Waals surface area contributed by atoms with Crippen LogP contribution in [0, 0.1) is 11.8 Å². The van der Waals surface area contributed by atoms with Gasteiger partial charge in [0.05, 0.1) is 5.52 Å². The zero-order valence-corrected chi connectivity index (χ0v) is 12.9. The van der Waals surface area contributed by atoms with E-state index in [2.05, 4.69) is 27.9 Å². The SMILES string of the molecule is C[C@@H]1C[C@H]1C(=O)N1CCC(c2cc3ncccc3cn2)CC1. The van der Waals surface area contributed by atoms with Gasteiger partial charge in [-0.2, -0.15) is 0 Å². The number of rotatable bonds is 2. The van der Waals surface area contributed by atoms with Crippen LogP contribution in [-0.4, -0.2) is 33.9 Å². The number of pyridine rings is 2. The van der Waals surface area contributed by atoms with Gasteiger partial charge in [0.1, 0.15) is 0 Å². The molecule has 0 unspecified atom stereocenters. The van der Waals surface area contributed by atoms with Crippen molar-refractivity contribution in [2.24, 2.45) is 11.8 Å². The lowest BCUT2D eigenvalue weighted by Crippen LogP contribution is -2.39. The minimum Gasteiger partial charge on any atom is -0.342 e. The van der Waals surface area contributed by atoms with Crippen molar-refractivity contribution in [3.8, 4) is 0 Å². The number of nitrogens with zero attached hydrogens (tertiary/aromatic N) is 3. The van der Waals surface area contributed by atoms with Crippen molar-refractivity contribution in [3.63, 3.8) is 0 Å². The summed E-state index contributed by atoms with van der Waals surface area (Å²) in [4.78, 5) is 23.4. The molecule has 0 aromatic carbocycles. The summed E-state index contributed by atoms with van der Waals surface area (Å²) in [6, 6.07) is 6.09. The quantitative estimate of drug-likeness (QED) is 0.855. The average molecular weight is 295 g/mol. The molecule has 1 saturated carbocycles. The van der Waals surface area contributed by atoms with Crippen molar-refractivity contribution >= 4 is 16.8 Å². The van der Waals surface area contributed by atoms with Gasteiger partial charge in [0.2, 0.25) is 5.91 Å². The molecule has 2 aromatic heterocycles. The standard InChI is InChI=1S/C18H21N3O/c1-12-9-15(12)18(22)21-7-4-13(5-8-21)16-10-17-14(11-20-16)3-2-6-19-17/h2-3,6,10-13,15H,4-5,7-9H2,1H3/t12-,15-/m1/s1. The molecule has 4 rings (SSSR count). The molecule has 0 spiro atoms. The van der Waals surface area contributed by atoms with Crippen LogP contribution in [0.4, 0.5) is 0 Å². The second-order valence-electron chi connectivity index (χ2n) is 6.72. The molecule has 4 nitrogen and oxygen atoms in total. The third-order valence-corrected chi connectivity index (χ3v) is 5.16. The lowest BCUT2D eigenvalue weighted by atomic mass is 9.92. The smallest absolute Gasteiger partial charge is 0.225 e. The van der Waals surface area contributed by atoms with E-state index in [4.69, 9.17) is 0 Å². The Labute approximate surface area is 130 Å². The summed E-state index contributed by atoms with van der Waals surface area (Å²) in [7, 11) is 0. The number of amides is 1. The summed E-state index contributed by atoms with van der Waals surface area (Å²) >= 11 is 0. The molecule has 22 heavy (non-hydrogen) atoms. The van der Waals surface area contributed by atoms with E-state index in [1.165, 1.54) is 0 Å². The maximum Gasteiger partial charge on any atom is 0.225 e. The number of hydrogen-bond donors (Lipinski definition) is 0. The first kappa shape index (κ1) is 13.7. The second-order valence-corrected chi connectivity index (χ2v) is 6.72. The third-order valence-electron chi connectivity index (χ3n) is 5.16. The Bertz CT molecular complexity index is 706. The van der Waals surface area contributed by atoms with Crippen LogP contribution in [0.15, 0.2) is 30.6 Å². The van der Waals surface area contributed by atoms with Gasteiger partial charge in [-0.3, -0.25) is 14.8 Å². The predicted octanol–water partition coefficient (Wildman–Crippen LogP) is 2.99. The van der Waals surface area contributed by atoms with Crippen LogP contribution in [0.5, 0.6) is 0 Å². The van der Waals surface area contributed by atoms with Crippen molar-refractivity contribution in [2.75, 3.05) is 13.1 Å². The first-order valence-electron chi connectivity index (χ1n) is 8.22. The van der Waals surface area contributed by atoms with Gasteiger partial charge in [0.25, 0.3) is 0 Å². The van der Waals surface area contributed by atoms with Gasteiger partial charge in [-0.15, -0.1) is 0 Å². The van der Waals surface area contributed by atoms with Crippen LogP contribution in [-0.2, 0) is 4.79 Å². The van der Waals surface area contributed by atoms with E-state index in [9.17, 15) is 4.79 Å². The monoisotopic (exact) mass is 295 g/mol. The Morgan fingerprint density at radius 2 is 2.05 bits per heavy atom. The van der Waals surface area contributed by atoms with Crippen molar-refractivity contribution in [1.82, 2.24) is 14.9 Å². The Hall–Kier alpha value is -1.97. The maximum absolute atomic E-state index is 12.3. The average Bonchev–Trinajstić information content (AvgIpc) is 3.31. The van der Waals surface area contributed by atoms with Crippen LogP contribution in [0.25, 0.3) is 10.9 Å². The highest BCUT2D eigenvalue weighted by Crippen LogP contribution is 2.40. The molecule has 2 aromatic rings. The number of carbonyl (C=O) groups is 1. The lowest BCUT2D eigenvalue weighted by Gasteiger charge is -2.32. The molecule has 2 fully saturated rings. The fourth-order valence-corrected chi connectivity index (χ4v) is 3.50. The van der Waals surface area contributed by atoms with Crippen LogP contribution < -0.4 is 0 Å². The molecule has 1 aliphatic heterocycles. The Morgan fingerprint density at radius 3 is 2.77 bits per heavy atom. The molecule has 1 saturated heterocycles. The van der Waals surface area contributed by atoms with Gasteiger partial charge in [-0.05, 0) is 43.4 Å². The molecule has 1 aliphatic carbocycles. The van der Waals surface area contributed by atoms with E-state index < -0.39 is 0 Å². The third kappa shape index (κ3) is 2.47. The summed E-state index contributed by atoms with van der Waals surface area (Å²) in [5.41, 5.74) is 2.14. The fourth-order valence-electron chi connectivity index (χ4n) is 3.50. The summed E-state index contributed by atoms with van der Waals surface area (Å²) in [6.45, 7) is 3.91. The van der Waals surface area contributed by atoms with E-state index >= 15 is 0 Å². The topological polar surface area (TPSA) is 46.1 Å². The van der Waals surface area contributed by atoms with E-state index in [0.717, 1.165) is 48.9 Å². The molecule has 0 radical (unpaired) electrons.